The third kappa shape index (κ3) is 5.82. The number of amides is 1. The van der Waals surface area contributed by atoms with E-state index in [4.69, 9.17) is 9.47 Å². The van der Waals surface area contributed by atoms with Gasteiger partial charge in [-0.25, -0.2) is 4.79 Å². The number of nitrogens with zero attached hydrogens (tertiary/aromatic N) is 1. The molecule has 8 heteroatoms. The average Bonchev–Trinajstić information content (AvgIpc) is 2.56. The molecule has 1 fully saturated rings. The highest BCUT2D eigenvalue weighted by molar-refractivity contribution is 5.99. The number of hydrogen-bond acceptors (Lipinski definition) is 6. The lowest BCUT2D eigenvalue weighted by molar-refractivity contribution is -0.145. The molecule has 1 aromatic carbocycles. The number of esters is 1. The fourth-order valence-corrected chi connectivity index (χ4v) is 2.16. The van der Waals surface area contributed by atoms with Crippen LogP contribution >= 0.6 is 12.4 Å². The Labute approximate surface area is 146 Å². The minimum Gasteiger partial charge on any atom is -0.482 e. The van der Waals surface area contributed by atoms with E-state index >= 15 is 0 Å². The number of nitrogens with one attached hydrogen (secondary N) is 1. The SMILES string of the molecule is CCOC(=O)COc1ccc(C(=O)CN2CCNCC2=O)cc1.Cl. The predicted molar refractivity (Wildman–Crippen MR) is 89.6 cm³/mol. The van der Waals surface area contributed by atoms with E-state index in [2.05, 4.69) is 5.32 Å². The van der Waals surface area contributed by atoms with Crippen molar-refractivity contribution in [1.82, 2.24) is 10.2 Å². The van der Waals surface area contributed by atoms with Crippen molar-refractivity contribution in [3.8, 4) is 5.75 Å². The van der Waals surface area contributed by atoms with Crippen LogP contribution in [0.4, 0.5) is 0 Å². The summed E-state index contributed by atoms with van der Waals surface area (Å²) in [6.07, 6.45) is 0. The highest BCUT2D eigenvalue weighted by Gasteiger charge is 2.20. The van der Waals surface area contributed by atoms with E-state index < -0.39 is 5.97 Å². The molecule has 1 aliphatic rings. The summed E-state index contributed by atoms with van der Waals surface area (Å²) in [6.45, 7) is 3.43. The Bertz CT molecular complexity index is 576. The van der Waals surface area contributed by atoms with Crippen LogP contribution in [0.5, 0.6) is 5.75 Å². The molecule has 0 atom stereocenters. The van der Waals surface area contributed by atoms with Crippen molar-refractivity contribution in [1.29, 1.82) is 0 Å². The Morgan fingerprint density at radius 1 is 1.25 bits per heavy atom. The summed E-state index contributed by atoms with van der Waals surface area (Å²) < 4.78 is 10.0. The van der Waals surface area contributed by atoms with E-state index in [-0.39, 0.29) is 43.8 Å². The fraction of sp³-hybridized carbons (Fsp3) is 0.438. The Morgan fingerprint density at radius 2 is 1.96 bits per heavy atom. The lowest BCUT2D eigenvalue weighted by atomic mass is 10.1. The zero-order valence-electron chi connectivity index (χ0n) is 13.4. The van der Waals surface area contributed by atoms with Crippen molar-refractivity contribution in [2.45, 2.75) is 6.92 Å². The molecule has 0 aliphatic carbocycles. The molecule has 1 heterocycles. The maximum absolute atomic E-state index is 12.2. The van der Waals surface area contributed by atoms with Crippen molar-refractivity contribution in [2.24, 2.45) is 0 Å². The maximum Gasteiger partial charge on any atom is 0.344 e. The van der Waals surface area contributed by atoms with E-state index in [0.717, 1.165) is 0 Å². The first-order valence-corrected chi connectivity index (χ1v) is 7.50. The first-order valence-electron chi connectivity index (χ1n) is 7.50. The minimum absolute atomic E-state index is 0. The molecule has 0 aromatic heterocycles. The monoisotopic (exact) mass is 356 g/mol. The van der Waals surface area contributed by atoms with Crippen molar-refractivity contribution < 1.29 is 23.9 Å². The normalized spacial score (nSPS) is 13.9. The molecule has 0 saturated carbocycles. The van der Waals surface area contributed by atoms with Crippen LogP contribution in [0, 0.1) is 0 Å². The molecule has 1 amide bonds. The van der Waals surface area contributed by atoms with E-state index in [1.807, 2.05) is 0 Å². The number of piperazine rings is 1. The summed E-state index contributed by atoms with van der Waals surface area (Å²) in [6, 6.07) is 6.48. The van der Waals surface area contributed by atoms with Gasteiger partial charge < -0.3 is 19.7 Å². The van der Waals surface area contributed by atoms with Gasteiger partial charge in [0.05, 0.1) is 19.7 Å². The van der Waals surface area contributed by atoms with Gasteiger partial charge in [0.2, 0.25) is 5.91 Å². The third-order valence-corrected chi connectivity index (χ3v) is 3.36. The van der Waals surface area contributed by atoms with Gasteiger partial charge in [0.1, 0.15) is 5.75 Å². The van der Waals surface area contributed by atoms with Crippen molar-refractivity contribution in [2.75, 3.05) is 39.4 Å². The highest BCUT2D eigenvalue weighted by Crippen LogP contribution is 2.13. The molecule has 1 aromatic rings. The first-order chi connectivity index (χ1) is 11.1. The average molecular weight is 357 g/mol. The van der Waals surface area contributed by atoms with E-state index in [0.29, 0.717) is 31.0 Å². The Balaban J connectivity index is 0.00000288. The molecule has 0 radical (unpaired) electrons. The van der Waals surface area contributed by atoms with Crippen LogP contribution in [0.25, 0.3) is 0 Å². The smallest absolute Gasteiger partial charge is 0.344 e. The second-order valence-corrected chi connectivity index (χ2v) is 5.03. The van der Waals surface area contributed by atoms with Gasteiger partial charge in [-0.3, -0.25) is 9.59 Å². The van der Waals surface area contributed by atoms with Crippen LogP contribution in [0.1, 0.15) is 17.3 Å². The molecule has 0 bridgehead atoms. The molecular weight excluding hydrogens is 336 g/mol. The van der Waals surface area contributed by atoms with Crippen LogP contribution in [0.2, 0.25) is 0 Å². The third-order valence-electron chi connectivity index (χ3n) is 3.36. The zero-order valence-corrected chi connectivity index (χ0v) is 14.3. The summed E-state index contributed by atoms with van der Waals surface area (Å²) in [5.74, 6) is -0.158. The zero-order chi connectivity index (χ0) is 16.7. The summed E-state index contributed by atoms with van der Waals surface area (Å²) >= 11 is 0. The van der Waals surface area contributed by atoms with Gasteiger partial charge >= 0.3 is 5.97 Å². The van der Waals surface area contributed by atoms with Gasteiger partial charge in [0.15, 0.2) is 12.4 Å². The molecule has 1 N–H and O–H groups in total. The van der Waals surface area contributed by atoms with Crippen molar-refractivity contribution in [3.05, 3.63) is 29.8 Å². The lowest BCUT2D eigenvalue weighted by Gasteiger charge is -2.26. The van der Waals surface area contributed by atoms with E-state index in [1.54, 1.807) is 36.1 Å². The van der Waals surface area contributed by atoms with Gasteiger partial charge in [-0.2, -0.15) is 0 Å². The molecule has 132 valence electrons. The largest absolute Gasteiger partial charge is 0.482 e. The molecule has 1 aliphatic heterocycles. The molecule has 0 spiro atoms. The molecule has 7 nitrogen and oxygen atoms in total. The standard InChI is InChI=1S/C16H20N2O5.ClH/c1-2-22-16(21)11-23-13-5-3-12(4-6-13)14(19)10-18-8-7-17-9-15(18)20;/h3-6,17H,2,7-11H2,1H3;1H. The predicted octanol–water partition coefficient (Wildman–Crippen LogP) is 0.665. The second kappa shape index (κ2) is 9.89. The number of rotatable bonds is 7. The minimum atomic E-state index is -0.440. The summed E-state index contributed by atoms with van der Waals surface area (Å²) in [5, 5.41) is 2.96. The van der Waals surface area contributed by atoms with E-state index in [1.165, 1.54) is 0 Å². The summed E-state index contributed by atoms with van der Waals surface area (Å²) in [5.41, 5.74) is 0.500. The van der Waals surface area contributed by atoms with Gasteiger partial charge in [-0.05, 0) is 31.2 Å². The number of halogens is 1. The molecular formula is C16H21ClN2O5. The molecule has 2 rings (SSSR count). The first kappa shape index (κ1) is 19.9. The number of carbonyl (C=O) groups is 3. The Hall–Kier alpha value is -2.12. The van der Waals surface area contributed by atoms with Gasteiger partial charge in [0, 0.05) is 18.7 Å². The number of Topliss-reactive ketones (excluding diaryl/α,β-unsaturated/α-hetero) is 1. The molecule has 0 unspecified atom stereocenters. The number of ether oxygens (including phenoxy) is 2. The number of carbonyl (C=O) groups excluding carboxylic acids is 3. The van der Waals surface area contributed by atoms with Crippen LogP contribution < -0.4 is 10.1 Å². The number of hydrogen-bond donors (Lipinski definition) is 1. The van der Waals surface area contributed by atoms with Crippen molar-refractivity contribution >= 4 is 30.1 Å². The van der Waals surface area contributed by atoms with Crippen LogP contribution in [0.3, 0.4) is 0 Å². The van der Waals surface area contributed by atoms with E-state index in [9.17, 15) is 14.4 Å². The fourth-order valence-electron chi connectivity index (χ4n) is 2.16. The van der Waals surface area contributed by atoms with Crippen molar-refractivity contribution in [3.63, 3.8) is 0 Å². The lowest BCUT2D eigenvalue weighted by Crippen LogP contribution is -2.49. The highest BCUT2D eigenvalue weighted by atomic mass is 35.5. The molecule has 24 heavy (non-hydrogen) atoms. The second-order valence-electron chi connectivity index (χ2n) is 5.03. The van der Waals surface area contributed by atoms with Gasteiger partial charge in [-0.15, -0.1) is 12.4 Å². The quantitative estimate of drug-likeness (QED) is 0.571. The Morgan fingerprint density at radius 3 is 2.58 bits per heavy atom. The number of benzene rings is 1. The number of ketones is 1. The van der Waals surface area contributed by atoms with Crippen LogP contribution in [0.15, 0.2) is 24.3 Å². The van der Waals surface area contributed by atoms with Crippen LogP contribution in [-0.2, 0) is 14.3 Å². The summed E-state index contributed by atoms with van der Waals surface area (Å²) in [7, 11) is 0. The Kier molecular flexibility index (Phi) is 8.21. The van der Waals surface area contributed by atoms with Gasteiger partial charge in [0.25, 0.3) is 0 Å². The maximum atomic E-state index is 12.2. The van der Waals surface area contributed by atoms with Gasteiger partial charge in [-0.1, -0.05) is 0 Å². The topological polar surface area (TPSA) is 84.9 Å². The van der Waals surface area contributed by atoms with Crippen LogP contribution in [-0.4, -0.2) is 62.0 Å². The summed E-state index contributed by atoms with van der Waals surface area (Å²) in [4.78, 5) is 36.6. The molecule has 1 saturated heterocycles.